The third-order valence-corrected chi connectivity index (χ3v) is 3.08. The average molecular weight is 271 g/mol. The van der Waals surface area contributed by atoms with Gasteiger partial charge in [0.15, 0.2) is 0 Å². The van der Waals surface area contributed by atoms with Gasteiger partial charge in [0, 0.05) is 0 Å². The van der Waals surface area contributed by atoms with Crippen molar-refractivity contribution >= 4 is 14.1 Å². The molecule has 0 amide bonds. The minimum absolute atomic E-state index is 0.195. The van der Waals surface area contributed by atoms with E-state index in [0.29, 0.717) is 5.75 Å². The minimum Gasteiger partial charge on any atom is -0.462 e. The zero-order valence-corrected chi connectivity index (χ0v) is 11.7. The van der Waals surface area contributed by atoms with Crippen LogP contribution in [0.25, 0.3) is 0 Å². The lowest BCUT2D eigenvalue weighted by molar-refractivity contribution is -0.148. The molecule has 1 unspecified atom stereocenters. The summed E-state index contributed by atoms with van der Waals surface area (Å²) in [6.07, 6.45) is -0.195. The zero-order valence-electron chi connectivity index (χ0n) is 10.7. The van der Waals surface area contributed by atoms with Crippen LogP contribution >= 0.6 is 8.18 Å². The first kappa shape index (κ1) is 14.7. The summed E-state index contributed by atoms with van der Waals surface area (Å²) in [4.78, 5) is 11.5. The predicted octanol–water partition coefficient (Wildman–Crippen LogP) is 2.38. The summed E-state index contributed by atoms with van der Waals surface area (Å²) in [5.74, 6) is 0.0540. The molecule has 0 saturated heterocycles. The van der Waals surface area contributed by atoms with Crippen molar-refractivity contribution in [3.8, 4) is 5.75 Å². The molecule has 1 aromatic rings. The van der Waals surface area contributed by atoms with E-state index in [9.17, 15) is 9.36 Å². The lowest BCUT2D eigenvalue weighted by Gasteiger charge is -2.15. The molecule has 5 nitrogen and oxygen atoms in total. The summed E-state index contributed by atoms with van der Waals surface area (Å²) < 4.78 is 21.8. The highest BCUT2D eigenvalue weighted by Gasteiger charge is 2.18. The molecule has 1 rings (SSSR count). The van der Waals surface area contributed by atoms with Crippen LogP contribution < -0.4 is 9.61 Å². The Kier molecular flexibility index (Phi) is 5.89. The quantitative estimate of drug-likeness (QED) is 0.635. The first-order chi connectivity index (χ1) is 8.49. The molecular weight excluding hydrogens is 253 g/mol. The predicted molar refractivity (Wildman–Crippen MR) is 69.9 cm³/mol. The lowest BCUT2D eigenvalue weighted by Crippen LogP contribution is -2.33. The summed E-state index contributed by atoms with van der Waals surface area (Å²) in [6, 6.07) is 8.12. The molecule has 0 aromatic heterocycles. The van der Waals surface area contributed by atoms with E-state index in [1.165, 1.54) is 0 Å². The zero-order chi connectivity index (χ0) is 13.5. The van der Waals surface area contributed by atoms with Crippen LogP contribution in [0.15, 0.2) is 30.3 Å². The molecule has 0 saturated carbocycles. The van der Waals surface area contributed by atoms with E-state index in [1.54, 1.807) is 45.0 Å². The van der Waals surface area contributed by atoms with Crippen molar-refractivity contribution in [1.82, 2.24) is 5.09 Å². The van der Waals surface area contributed by atoms with Crippen molar-refractivity contribution in [2.45, 2.75) is 32.9 Å². The van der Waals surface area contributed by atoms with Crippen molar-refractivity contribution in [2.75, 3.05) is 0 Å². The largest absolute Gasteiger partial charge is 0.462 e. The maximum Gasteiger partial charge on any atom is 0.323 e. The van der Waals surface area contributed by atoms with Gasteiger partial charge >= 0.3 is 14.1 Å². The van der Waals surface area contributed by atoms with E-state index >= 15 is 0 Å². The van der Waals surface area contributed by atoms with Gasteiger partial charge in [-0.15, -0.1) is 0 Å². The van der Waals surface area contributed by atoms with Gasteiger partial charge < -0.3 is 9.26 Å². The maximum atomic E-state index is 11.7. The molecule has 0 fully saturated rings. The normalized spacial score (nSPS) is 14.0. The smallest absolute Gasteiger partial charge is 0.323 e. The van der Waals surface area contributed by atoms with Crippen molar-refractivity contribution in [3.63, 3.8) is 0 Å². The van der Waals surface area contributed by atoms with E-state index in [1.807, 2.05) is 6.07 Å². The van der Waals surface area contributed by atoms with Crippen LogP contribution in [0.3, 0.4) is 0 Å². The van der Waals surface area contributed by atoms with Gasteiger partial charge in [0.1, 0.15) is 11.8 Å². The average Bonchev–Trinajstić information content (AvgIpc) is 2.29. The van der Waals surface area contributed by atoms with Gasteiger partial charge in [0.25, 0.3) is 0 Å². The Hall–Kier alpha value is -1.32. The van der Waals surface area contributed by atoms with Gasteiger partial charge in [-0.25, -0.2) is 5.09 Å². The van der Waals surface area contributed by atoms with Crippen LogP contribution in [0, 0.1) is 0 Å². The second-order valence-corrected chi connectivity index (χ2v) is 5.12. The van der Waals surface area contributed by atoms with E-state index in [2.05, 4.69) is 5.09 Å². The fraction of sp³-hybridized carbons (Fsp3) is 0.417. The van der Waals surface area contributed by atoms with Crippen molar-refractivity contribution in [3.05, 3.63) is 30.3 Å². The Bertz CT molecular complexity index is 408. The number of carbonyl (C=O) groups excluding carboxylic acids is 1. The van der Waals surface area contributed by atoms with Gasteiger partial charge in [-0.2, -0.15) is 0 Å². The molecule has 0 radical (unpaired) electrons. The number of benzene rings is 1. The number of para-hydroxylation sites is 1. The molecule has 1 aromatic carbocycles. The number of hydrogen-bond acceptors (Lipinski definition) is 4. The fourth-order valence-electron chi connectivity index (χ4n) is 1.20. The molecule has 100 valence electrons. The molecule has 18 heavy (non-hydrogen) atoms. The van der Waals surface area contributed by atoms with Crippen LogP contribution in [0.2, 0.25) is 0 Å². The summed E-state index contributed by atoms with van der Waals surface area (Å²) in [7, 11) is -2.52. The van der Waals surface area contributed by atoms with Gasteiger partial charge in [0.05, 0.1) is 6.10 Å². The number of hydrogen-bond donors (Lipinski definition) is 1. The van der Waals surface area contributed by atoms with Crippen molar-refractivity contribution in [2.24, 2.45) is 0 Å². The molecule has 0 bridgehead atoms. The molecule has 1 N–H and O–H groups in total. The Labute approximate surface area is 107 Å². The molecule has 0 heterocycles. The third-order valence-electron chi connectivity index (χ3n) is 1.99. The van der Waals surface area contributed by atoms with Crippen LogP contribution in [0.5, 0.6) is 5.75 Å². The van der Waals surface area contributed by atoms with Gasteiger partial charge in [-0.3, -0.25) is 9.36 Å². The second kappa shape index (κ2) is 7.19. The minimum atomic E-state index is -2.52. The summed E-state index contributed by atoms with van der Waals surface area (Å²) in [5.41, 5.74) is 0. The first-order valence-corrected chi connectivity index (χ1v) is 7.04. The molecule has 2 atom stereocenters. The second-order valence-electron chi connectivity index (χ2n) is 4.05. The van der Waals surface area contributed by atoms with E-state index < -0.39 is 20.2 Å². The third kappa shape index (κ3) is 5.34. The lowest BCUT2D eigenvalue weighted by atomic mass is 10.3. The van der Waals surface area contributed by atoms with Crippen LogP contribution in [0.4, 0.5) is 0 Å². The highest BCUT2D eigenvalue weighted by molar-refractivity contribution is 7.37. The Morgan fingerprint density at radius 2 is 1.83 bits per heavy atom. The van der Waals surface area contributed by atoms with E-state index in [-0.39, 0.29) is 6.10 Å². The highest BCUT2D eigenvalue weighted by Crippen LogP contribution is 2.23. The standard InChI is InChI=1S/C12H18NO4P/c1-9(2)16-12(14)10(3)13-18(15)17-11-7-5-4-6-8-11/h4-10,18H,1-3H3,(H,13,15)/t10-/m0/s1. The molecule has 0 aliphatic rings. The molecular formula is C12H18NO4P. The first-order valence-electron chi connectivity index (χ1n) is 5.73. The number of nitrogens with one attached hydrogen (secondary N) is 1. The Balaban J connectivity index is 2.43. The number of ether oxygens (including phenoxy) is 1. The fourth-order valence-corrected chi connectivity index (χ4v) is 2.08. The number of rotatable bonds is 6. The summed E-state index contributed by atoms with van der Waals surface area (Å²) >= 11 is 0. The monoisotopic (exact) mass is 271 g/mol. The van der Waals surface area contributed by atoms with Gasteiger partial charge in [0.2, 0.25) is 0 Å². The summed E-state index contributed by atoms with van der Waals surface area (Å²) in [5, 5.41) is 2.58. The van der Waals surface area contributed by atoms with Crippen LogP contribution in [0.1, 0.15) is 20.8 Å². The molecule has 6 heteroatoms. The van der Waals surface area contributed by atoms with Crippen molar-refractivity contribution in [1.29, 1.82) is 0 Å². The van der Waals surface area contributed by atoms with E-state index in [0.717, 1.165) is 0 Å². The Morgan fingerprint density at radius 1 is 1.22 bits per heavy atom. The maximum absolute atomic E-state index is 11.7. The molecule has 0 aliphatic carbocycles. The SMILES string of the molecule is CC(C)OC(=O)[C@H](C)N[PH](=O)Oc1ccccc1. The van der Waals surface area contributed by atoms with Gasteiger partial charge in [-0.05, 0) is 32.9 Å². The number of carbonyl (C=O) groups is 1. The van der Waals surface area contributed by atoms with Crippen LogP contribution in [-0.4, -0.2) is 18.1 Å². The highest BCUT2D eigenvalue weighted by atomic mass is 31.1. The molecule has 0 aliphatic heterocycles. The number of esters is 1. The summed E-state index contributed by atoms with van der Waals surface area (Å²) in [6.45, 7) is 5.10. The van der Waals surface area contributed by atoms with E-state index in [4.69, 9.17) is 9.26 Å². The van der Waals surface area contributed by atoms with Crippen molar-refractivity contribution < 1.29 is 18.6 Å². The molecule has 0 spiro atoms. The topological polar surface area (TPSA) is 64.6 Å². The van der Waals surface area contributed by atoms with Crippen LogP contribution in [-0.2, 0) is 14.1 Å². The Morgan fingerprint density at radius 3 is 2.39 bits per heavy atom. The van der Waals surface area contributed by atoms with Gasteiger partial charge in [-0.1, -0.05) is 18.2 Å².